The first-order valence-electron chi connectivity index (χ1n) is 7.17. The van der Waals surface area contributed by atoms with E-state index in [9.17, 15) is 4.79 Å². The fraction of sp³-hybridized carbons (Fsp3) is 0.353. The van der Waals surface area contributed by atoms with Crippen molar-refractivity contribution in [2.75, 3.05) is 14.2 Å². The van der Waals surface area contributed by atoms with Crippen molar-refractivity contribution >= 4 is 5.91 Å². The van der Waals surface area contributed by atoms with E-state index in [2.05, 4.69) is 6.92 Å². The SMILES string of the molecule is CCc1ccc(OC)c(OC)c1.Cc1ccc(C(O)C(N)=O)o1. The maximum absolute atomic E-state index is 10.4. The highest BCUT2D eigenvalue weighted by Gasteiger charge is 2.16. The van der Waals surface area contributed by atoms with Crippen molar-refractivity contribution in [3.8, 4) is 11.5 Å². The van der Waals surface area contributed by atoms with Crippen LogP contribution in [-0.4, -0.2) is 25.2 Å². The number of aryl methyl sites for hydroxylation is 2. The number of rotatable bonds is 5. The molecule has 126 valence electrons. The Morgan fingerprint density at radius 2 is 1.87 bits per heavy atom. The molecule has 1 unspecified atom stereocenters. The summed E-state index contributed by atoms with van der Waals surface area (Å²) in [5.41, 5.74) is 6.09. The Hall–Kier alpha value is -2.47. The van der Waals surface area contributed by atoms with E-state index < -0.39 is 12.0 Å². The minimum absolute atomic E-state index is 0.190. The molecule has 1 amide bonds. The molecule has 2 aromatic rings. The van der Waals surface area contributed by atoms with E-state index >= 15 is 0 Å². The van der Waals surface area contributed by atoms with E-state index in [0.717, 1.165) is 17.9 Å². The lowest BCUT2D eigenvalue weighted by Crippen LogP contribution is -2.20. The molecule has 0 spiro atoms. The van der Waals surface area contributed by atoms with Crippen molar-refractivity contribution in [1.82, 2.24) is 0 Å². The third-order valence-corrected chi connectivity index (χ3v) is 3.16. The largest absolute Gasteiger partial charge is 0.493 e. The number of amides is 1. The van der Waals surface area contributed by atoms with Gasteiger partial charge in [0.15, 0.2) is 17.6 Å². The highest BCUT2D eigenvalue weighted by molar-refractivity contribution is 5.79. The topological polar surface area (TPSA) is 94.9 Å². The van der Waals surface area contributed by atoms with Crippen LogP contribution in [0.3, 0.4) is 0 Å². The van der Waals surface area contributed by atoms with Gasteiger partial charge in [0.1, 0.15) is 11.5 Å². The molecule has 0 aliphatic heterocycles. The number of furan rings is 1. The number of hydrogen-bond acceptors (Lipinski definition) is 5. The number of carbonyl (C=O) groups excluding carboxylic acids is 1. The number of hydrogen-bond donors (Lipinski definition) is 2. The van der Waals surface area contributed by atoms with Crippen LogP contribution in [0.15, 0.2) is 34.7 Å². The van der Waals surface area contributed by atoms with Crippen LogP contribution in [0, 0.1) is 6.92 Å². The zero-order chi connectivity index (χ0) is 17.4. The first-order chi connectivity index (χ1) is 10.9. The standard InChI is InChI=1S/C10H14O2.C7H9NO3/c1-4-8-5-6-9(11-2)10(7-8)12-3;1-4-2-3-5(11-4)6(9)7(8)10/h5-7H,4H2,1-3H3;2-3,6,9H,1H3,(H2,8,10). The molecule has 0 saturated heterocycles. The first-order valence-corrected chi connectivity index (χ1v) is 7.17. The summed E-state index contributed by atoms with van der Waals surface area (Å²) in [5, 5.41) is 9.04. The number of benzene rings is 1. The summed E-state index contributed by atoms with van der Waals surface area (Å²) in [6.07, 6.45) is -0.316. The molecule has 2 rings (SSSR count). The van der Waals surface area contributed by atoms with Crippen molar-refractivity contribution in [2.24, 2.45) is 5.73 Å². The first kappa shape index (κ1) is 18.6. The van der Waals surface area contributed by atoms with Gasteiger partial charge in [0.25, 0.3) is 5.91 Å². The van der Waals surface area contributed by atoms with Crippen LogP contribution >= 0.6 is 0 Å². The summed E-state index contributed by atoms with van der Waals surface area (Å²) < 4.78 is 15.2. The van der Waals surface area contributed by atoms with Gasteiger partial charge in [-0.15, -0.1) is 0 Å². The van der Waals surface area contributed by atoms with Gasteiger partial charge in [0.05, 0.1) is 14.2 Å². The normalized spacial score (nSPS) is 11.2. The van der Waals surface area contributed by atoms with Crippen molar-refractivity contribution < 1.29 is 23.8 Å². The van der Waals surface area contributed by atoms with Crippen LogP contribution in [0.2, 0.25) is 0 Å². The van der Waals surface area contributed by atoms with Gasteiger partial charge < -0.3 is 24.7 Å². The molecule has 6 nitrogen and oxygen atoms in total. The van der Waals surface area contributed by atoms with Gasteiger partial charge in [-0.05, 0) is 43.2 Å². The van der Waals surface area contributed by atoms with Crippen molar-refractivity contribution in [1.29, 1.82) is 0 Å². The van der Waals surface area contributed by atoms with Crippen molar-refractivity contribution in [3.63, 3.8) is 0 Å². The van der Waals surface area contributed by atoms with E-state index in [1.54, 1.807) is 27.2 Å². The summed E-state index contributed by atoms with van der Waals surface area (Å²) in [6.45, 7) is 3.83. The molecule has 3 N–H and O–H groups in total. The maximum Gasteiger partial charge on any atom is 0.254 e. The van der Waals surface area contributed by atoms with Crippen LogP contribution in [0.25, 0.3) is 0 Å². The molecule has 0 bridgehead atoms. The number of carbonyl (C=O) groups is 1. The Morgan fingerprint density at radius 3 is 2.30 bits per heavy atom. The van der Waals surface area contributed by atoms with Crippen molar-refractivity contribution in [3.05, 3.63) is 47.4 Å². The minimum Gasteiger partial charge on any atom is -0.493 e. The molecule has 0 aliphatic rings. The lowest BCUT2D eigenvalue weighted by molar-refractivity contribution is -0.127. The molecule has 6 heteroatoms. The number of aliphatic hydroxyl groups excluding tert-OH is 1. The second-order valence-electron chi connectivity index (χ2n) is 4.80. The highest BCUT2D eigenvalue weighted by Crippen LogP contribution is 2.27. The quantitative estimate of drug-likeness (QED) is 0.881. The minimum atomic E-state index is -1.33. The summed E-state index contributed by atoms with van der Waals surface area (Å²) in [4.78, 5) is 10.4. The highest BCUT2D eigenvalue weighted by atomic mass is 16.5. The Labute approximate surface area is 135 Å². The summed E-state index contributed by atoms with van der Waals surface area (Å²) in [7, 11) is 3.29. The molecular formula is C17H23NO5. The lowest BCUT2D eigenvalue weighted by Gasteiger charge is -2.07. The zero-order valence-corrected chi connectivity index (χ0v) is 13.8. The van der Waals surface area contributed by atoms with Crippen LogP contribution < -0.4 is 15.2 Å². The summed E-state index contributed by atoms with van der Waals surface area (Å²) >= 11 is 0. The molecule has 1 heterocycles. The van der Waals surface area contributed by atoms with E-state index in [-0.39, 0.29) is 5.76 Å². The van der Waals surface area contributed by atoms with E-state index in [0.29, 0.717) is 5.76 Å². The van der Waals surface area contributed by atoms with E-state index in [4.69, 9.17) is 24.7 Å². The maximum atomic E-state index is 10.4. The Balaban J connectivity index is 0.000000231. The Morgan fingerprint density at radius 1 is 1.22 bits per heavy atom. The fourth-order valence-corrected chi connectivity index (χ4v) is 1.84. The third-order valence-electron chi connectivity index (χ3n) is 3.16. The number of nitrogens with two attached hydrogens (primary N) is 1. The number of primary amides is 1. The average Bonchev–Trinajstić information content (AvgIpc) is 3.00. The number of ether oxygens (including phenoxy) is 2. The fourth-order valence-electron chi connectivity index (χ4n) is 1.84. The molecular weight excluding hydrogens is 298 g/mol. The predicted octanol–water partition coefficient (Wildman–Crippen LogP) is 2.37. The monoisotopic (exact) mass is 321 g/mol. The number of methoxy groups -OCH3 is 2. The summed E-state index contributed by atoms with van der Waals surface area (Å²) in [5.74, 6) is 1.61. The molecule has 0 aliphatic carbocycles. The predicted molar refractivity (Wildman–Crippen MR) is 86.5 cm³/mol. The van der Waals surface area contributed by atoms with Gasteiger partial charge in [0.2, 0.25) is 0 Å². The zero-order valence-electron chi connectivity index (χ0n) is 13.8. The molecule has 23 heavy (non-hydrogen) atoms. The van der Waals surface area contributed by atoms with E-state index in [1.807, 2.05) is 18.2 Å². The van der Waals surface area contributed by atoms with Gasteiger partial charge in [-0.2, -0.15) is 0 Å². The average molecular weight is 321 g/mol. The van der Waals surface area contributed by atoms with Crippen molar-refractivity contribution in [2.45, 2.75) is 26.4 Å². The van der Waals surface area contributed by atoms with Crippen LogP contribution in [0.4, 0.5) is 0 Å². The van der Waals surface area contributed by atoms with Gasteiger partial charge >= 0.3 is 0 Å². The molecule has 0 radical (unpaired) electrons. The smallest absolute Gasteiger partial charge is 0.254 e. The van der Waals surface area contributed by atoms with Crippen LogP contribution in [0.5, 0.6) is 11.5 Å². The summed E-state index contributed by atoms with van der Waals surface area (Å²) in [6, 6.07) is 9.14. The lowest BCUT2D eigenvalue weighted by atomic mass is 10.1. The van der Waals surface area contributed by atoms with Gasteiger partial charge in [-0.25, -0.2) is 0 Å². The molecule has 1 atom stereocenters. The second-order valence-corrected chi connectivity index (χ2v) is 4.80. The molecule has 1 aromatic heterocycles. The van der Waals surface area contributed by atoms with Gasteiger partial charge in [-0.3, -0.25) is 4.79 Å². The third kappa shape index (κ3) is 5.34. The van der Waals surface area contributed by atoms with Gasteiger partial charge in [0, 0.05) is 0 Å². The van der Waals surface area contributed by atoms with E-state index in [1.165, 1.54) is 11.6 Å². The Kier molecular flexibility index (Phi) is 7.15. The second kappa shape index (κ2) is 8.85. The molecule has 0 saturated carbocycles. The van der Waals surface area contributed by atoms with Gasteiger partial charge in [-0.1, -0.05) is 13.0 Å². The molecule has 0 fully saturated rings. The molecule has 1 aromatic carbocycles. The van der Waals surface area contributed by atoms with Crippen LogP contribution in [-0.2, 0) is 11.2 Å². The number of aliphatic hydroxyl groups is 1. The van der Waals surface area contributed by atoms with Crippen LogP contribution in [0.1, 0.15) is 30.1 Å². The Bertz CT molecular complexity index is 636.